The average molecular weight is 460 g/mol. The lowest BCUT2D eigenvalue weighted by atomic mass is 9.90. The first-order valence-electron chi connectivity index (χ1n) is 11.7. The van der Waals surface area contributed by atoms with Gasteiger partial charge in [-0.3, -0.25) is 14.5 Å². The zero-order valence-electron chi connectivity index (χ0n) is 19.8. The first kappa shape index (κ1) is 22.3. The molecule has 176 valence electrons. The van der Waals surface area contributed by atoms with E-state index in [0.717, 1.165) is 46.5 Å². The molecular weight excluding hydrogens is 430 g/mol. The summed E-state index contributed by atoms with van der Waals surface area (Å²) in [6.07, 6.45) is 2.22. The van der Waals surface area contributed by atoms with E-state index < -0.39 is 17.5 Å². The van der Waals surface area contributed by atoms with Crippen molar-refractivity contribution in [2.45, 2.75) is 51.8 Å². The van der Waals surface area contributed by atoms with Gasteiger partial charge in [0.1, 0.15) is 5.54 Å². The number of hydrogen-bond acceptors (Lipinski definition) is 4. The number of benzene rings is 2. The lowest BCUT2D eigenvalue weighted by Gasteiger charge is -2.22. The minimum atomic E-state index is -1.22. The Hall–Kier alpha value is -3.45. The molecule has 7 nitrogen and oxygen atoms in total. The number of amides is 3. The summed E-state index contributed by atoms with van der Waals surface area (Å²) in [6, 6.07) is 14.8. The van der Waals surface area contributed by atoms with Gasteiger partial charge in [-0.25, -0.2) is 4.79 Å². The second kappa shape index (κ2) is 8.40. The van der Waals surface area contributed by atoms with Crippen molar-refractivity contribution in [1.29, 1.82) is 0 Å². The van der Waals surface area contributed by atoms with Crippen LogP contribution < -0.4 is 5.32 Å². The Balaban J connectivity index is 1.37. The van der Waals surface area contributed by atoms with Crippen LogP contribution in [-0.4, -0.2) is 46.4 Å². The van der Waals surface area contributed by atoms with E-state index in [9.17, 15) is 14.4 Å². The minimum Gasteiger partial charge on any atom is -0.376 e. The third kappa shape index (κ3) is 3.70. The molecule has 3 amide bonds. The highest BCUT2D eigenvalue weighted by Crippen LogP contribution is 2.31. The smallest absolute Gasteiger partial charge is 0.325 e. The molecule has 1 N–H and O–H groups in total. The fraction of sp³-hybridized carbons (Fsp3) is 0.370. The molecule has 0 aliphatic carbocycles. The number of imide groups is 1. The molecular formula is C27H29N3O4. The van der Waals surface area contributed by atoms with Crippen LogP contribution in [-0.2, 0) is 21.6 Å². The molecule has 0 radical (unpaired) electrons. The average Bonchev–Trinajstić information content (AvgIpc) is 3.50. The van der Waals surface area contributed by atoms with Crippen molar-refractivity contribution >= 4 is 28.5 Å². The van der Waals surface area contributed by atoms with Gasteiger partial charge in [-0.05, 0) is 62.1 Å². The summed E-state index contributed by atoms with van der Waals surface area (Å²) in [5, 5.41) is 4.85. The molecule has 3 heterocycles. The van der Waals surface area contributed by atoms with Crippen molar-refractivity contribution in [2.24, 2.45) is 0 Å². The Morgan fingerprint density at radius 2 is 1.88 bits per heavy atom. The van der Waals surface area contributed by atoms with E-state index in [2.05, 4.69) is 9.88 Å². The van der Waals surface area contributed by atoms with Crippen molar-refractivity contribution in [2.75, 3.05) is 13.2 Å². The second-order valence-electron chi connectivity index (χ2n) is 9.46. The second-order valence-corrected chi connectivity index (χ2v) is 9.46. The molecule has 0 saturated carbocycles. The number of fused-ring (bicyclic) bond motifs is 1. The van der Waals surface area contributed by atoms with Crippen LogP contribution in [0.25, 0.3) is 10.8 Å². The van der Waals surface area contributed by atoms with Crippen LogP contribution in [0, 0.1) is 13.8 Å². The number of aromatic nitrogens is 1. The number of nitrogens with one attached hydrogen (secondary N) is 1. The van der Waals surface area contributed by atoms with E-state index in [1.807, 2.05) is 62.4 Å². The van der Waals surface area contributed by atoms with Crippen molar-refractivity contribution in [1.82, 2.24) is 14.8 Å². The van der Waals surface area contributed by atoms with Crippen LogP contribution in [0.2, 0.25) is 0 Å². The van der Waals surface area contributed by atoms with Gasteiger partial charge >= 0.3 is 6.03 Å². The summed E-state index contributed by atoms with van der Waals surface area (Å²) in [4.78, 5) is 40.5. The summed E-state index contributed by atoms with van der Waals surface area (Å²) >= 11 is 0. The number of hydrogen-bond donors (Lipinski definition) is 1. The molecule has 0 unspecified atom stereocenters. The van der Waals surface area contributed by atoms with Gasteiger partial charge in [0.25, 0.3) is 5.91 Å². The number of ether oxygens (including phenoxy) is 1. The van der Waals surface area contributed by atoms with Gasteiger partial charge in [-0.2, -0.15) is 0 Å². The van der Waals surface area contributed by atoms with E-state index in [0.29, 0.717) is 17.7 Å². The lowest BCUT2D eigenvalue weighted by Crippen LogP contribution is -2.41. The molecule has 1 aromatic heterocycles. The number of Topliss-reactive ketones (excluding diaryl/α,β-unsaturated/α-hetero) is 1. The monoisotopic (exact) mass is 459 g/mol. The summed E-state index contributed by atoms with van der Waals surface area (Å²) < 4.78 is 7.84. The van der Waals surface area contributed by atoms with Crippen molar-refractivity contribution < 1.29 is 19.1 Å². The lowest BCUT2D eigenvalue weighted by molar-refractivity contribution is -0.130. The molecule has 7 heteroatoms. The van der Waals surface area contributed by atoms with Crippen LogP contribution in [0.5, 0.6) is 0 Å². The molecule has 2 fully saturated rings. The molecule has 2 atom stereocenters. The predicted molar refractivity (Wildman–Crippen MR) is 129 cm³/mol. The maximum absolute atomic E-state index is 13.4. The van der Waals surface area contributed by atoms with Gasteiger partial charge in [-0.15, -0.1) is 0 Å². The number of ketones is 1. The van der Waals surface area contributed by atoms with Crippen molar-refractivity contribution in [3.63, 3.8) is 0 Å². The molecule has 0 bridgehead atoms. The highest BCUT2D eigenvalue weighted by Gasteiger charge is 2.49. The Morgan fingerprint density at radius 1 is 1.12 bits per heavy atom. The summed E-state index contributed by atoms with van der Waals surface area (Å²) in [5.74, 6) is -0.674. The number of nitrogens with zero attached hydrogens (tertiary/aromatic N) is 2. The highest BCUT2D eigenvalue weighted by atomic mass is 16.5. The van der Waals surface area contributed by atoms with Gasteiger partial charge in [0.15, 0.2) is 5.78 Å². The normalized spacial score (nSPS) is 22.6. The standard InChI is InChI=1S/C27H29N3O4/c1-17-13-23(18(2)29(17)15-22-9-6-12-34-22)24(31)16-30-25(32)27(3,28-26(30)33)21-11-10-19-7-4-5-8-20(19)14-21/h4-5,7-8,10-11,13-14,22H,6,9,12,15-16H2,1-3H3,(H,28,33)/t22-,27+/m1/s1. The molecule has 2 aromatic carbocycles. The van der Waals surface area contributed by atoms with E-state index in [4.69, 9.17) is 4.74 Å². The maximum atomic E-state index is 13.4. The molecule has 5 rings (SSSR count). The number of carbonyl (C=O) groups is 3. The zero-order chi connectivity index (χ0) is 24.0. The van der Waals surface area contributed by atoms with E-state index in [1.54, 1.807) is 6.92 Å². The highest BCUT2D eigenvalue weighted by molar-refractivity contribution is 6.11. The van der Waals surface area contributed by atoms with Gasteiger partial charge < -0.3 is 14.6 Å². The summed E-state index contributed by atoms with van der Waals surface area (Å²) in [7, 11) is 0. The molecule has 3 aromatic rings. The zero-order valence-corrected chi connectivity index (χ0v) is 19.8. The third-order valence-corrected chi connectivity index (χ3v) is 7.19. The fourth-order valence-corrected chi connectivity index (χ4v) is 5.12. The largest absolute Gasteiger partial charge is 0.376 e. The number of carbonyl (C=O) groups excluding carboxylic acids is 3. The van der Waals surface area contributed by atoms with E-state index >= 15 is 0 Å². The third-order valence-electron chi connectivity index (χ3n) is 7.19. The van der Waals surface area contributed by atoms with Crippen LogP contribution in [0.1, 0.15) is 47.1 Å². The molecule has 2 aliphatic rings. The number of urea groups is 1. The van der Waals surface area contributed by atoms with Crippen molar-refractivity contribution in [3.05, 3.63) is 71.0 Å². The van der Waals surface area contributed by atoms with Crippen LogP contribution in [0.3, 0.4) is 0 Å². The quantitative estimate of drug-likeness (QED) is 0.445. The Kier molecular flexibility index (Phi) is 5.52. The van der Waals surface area contributed by atoms with E-state index in [-0.39, 0.29) is 18.4 Å². The first-order chi connectivity index (χ1) is 16.3. The van der Waals surface area contributed by atoms with Crippen LogP contribution in [0.4, 0.5) is 4.79 Å². The van der Waals surface area contributed by atoms with Gasteiger partial charge in [-0.1, -0.05) is 36.4 Å². The van der Waals surface area contributed by atoms with Crippen LogP contribution in [0.15, 0.2) is 48.5 Å². The number of rotatable bonds is 6. The summed E-state index contributed by atoms with van der Waals surface area (Å²) in [5.41, 5.74) is 1.81. The van der Waals surface area contributed by atoms with Gasteiger partial charge in [0.2, 0.25) is 0 Å². The minimum absolute atomic E-state index is 0.154. The Labute approximate surface area is 198 Å². The Morgan fingerprint density at radius 3 is 2.62 bits per heavy atom. The fourth-order valence-electron chi connectivity index (χ4n) is 5.12. The molecule has 0 spiro atoms. The SMILES string of the molecule is Cc1cc(C(=O)CN2C(=O)N[C@@](C)(c3ccc4ccccc4c3)C2=O)c(C)n1C[C@H]1CCCO1. The Bertz CT molecular complexity index is 1300. The molecule has 2 saturated heterocycles. The van der Waals surface area contributed by atoms with Crippen molar-refractivity contribution in [3.8, 4) is 0 Å². The van der Waals surface area contributed by atoms with Gasteiger partial charge in [0.05, 0.1) is 12.6 Å². The summed E-state index contributed by atoms with van der Waals surface area (Å²) in [6.45, 7) is 6.74. The topological polar surface area (TPSA) is 80.6 Å². The maximum Gasteiger partial charge on any atom is 0.325 e. The van der Waals surface area contributed by atoms with E-state index in [1.165, 1.54) is 0 Å². The molecule has 34 heavy (non-hydrogen) atoms. The van der Waals surface area contributed by atoms with Gasteiger partial charge in [0, 0.05) is 30.1 Å². The first-order valence-corrected chi connectivity index (χ1v) is 11.7. The predicted octanol–water partition coefficient (Wildman–Crippen LogP) is 4.09. The number of aryl methyl sites for hydroxylation is 1. The van der Waals surface area contributed by atoms with Crippen LogP contribution >= 0.6 is 0 Å². The molecule has 2 aliphatic heterocycles.